The zero-order valence-electron chi connectivity index (χ0n) is 9.54. The molecule has 18 heavy (non-hydrogen) atoms. The molecule has 0 unspecified atom stereocenters. The first-order valence-corrected chi connectivity index (χ1v) is 5.78. The number of hydrogen-bond acceptors (Lipinski definition) is 2. The Morgan fingerprint density at radius 2 is 2.11 bits per heavy atom. The number of nitrogens with zero attached hydrogens (tertiary/aromatic N) is 2. The van der Waals surface area contributed by atoms with E-state index in [0.717, 1.165) is 11.1 Å². The summed E-state index contributed by atoms with van der Waals surface area (Å²) in [5, 5.41) is 0.0721. The summed E-state index contributed by atoms with van der Waals surface area (Å²) in [5.41, 5.74) is 2.71. The summed E-state index contributed by atoms with van der Waals surface area (Å²) in [4.78, 5) is 11.4. The van der Waals surface area contributed by atoms with Crippen LogP contribution in [0, 0.1) is 12.7 Å². The summed E-state index contributed by atoms with van der Waals surface area (Å²) >= 11 is 5.73. The quantitative estimate of drug-likeness (QED) is 0.725. The van der Waals surface area contributed by atoms with Crippen LogP contribution < -0.4 is 0 Å². The van der Waals surface area contributed by atoms with Gasteiger partial charge in [-0.1, -0.05) is 11.6 Å². The summed E-state index contributed by atoms with van der Waals surface area (Å²) in [7, 11) is 0. The van der Waals surface area contributed by atoms with Crippen molar-refractivity contribution in [3.8, 4) is 11.4 Å². The van der Waals surface area contributed by atoms with Crippen molar-refractivity contribution in [2.24, 2.45) is 0 Å². The van der Waals surface area contributed by atoms with Gasteiger partial charge in [0, 0.05) is 18.0 Å². The number of hydrogen-bond donors (Lipinski definition) is 1. The second kappa shape index (κ2) is 4.07. The Labute approximate surface area is 108 Å². The molecule has 3 aromatic rings. The zero-order chi connectivity index (χ0) is 12.7. The Kier molecular flexibility index (Phi) is 2.52. The molecule has 0 bridgehead atoms. The zero-order valence-corrected chi connectivity index (χ0v) is 10.3. The topological polar surface area (TPSA) is 41.6 Å². The first-order chi connectivity index (χ1) is 8.65. The smallest absolute Gasteiger partial charge is 0.169 e. The Bertz CT molecular complexity index is 736. The largest absolute Gasteiger partial charge is 0.338 e. The van der Waals surface area contributed by atoms with E-state index >= 15 is 0 Å². The number of pyridine rings is 1. The number of imidazole rings is 1. The summed E-state index contributed by atoms with van der Waals surface area (Å²) in [6.45, 7) is 1.94. The van der Waals surface area contributed by atoms with E-state index in [1.54, 1.807) is 18.5 Å². The molecule has 0 aliphatic heterocycles. The minimum atomic E-state index is -0.503. The van der Waals surface area contributed by atoms with Crippen molar-refractivity contribution in [1.82, 2.24) is 15.0 Å². The lowest BCUT2D eigenvalue weighted by Crippen LogP contribution is -1.84. The Morgan fingerprint density at radius 3 is 2.89 bits per heavy atom. The van der Waals surface area contributed by atoms with Crippen LogP contribution in [0.1, 0.15) is 5.56 Å². The molecule has 0 saturated heterocycles. The van der Waals surface area contributed by atoms with Crippen LogP contribution in [0.25, 0.3) is 22.4 Å². The second-order valence-corrected chi connectivity index (χ2v) is 4.50. The fourth-order valence-corrected chi connectivity index (χ4v) is 1.99. The van der Waals surface area contributed by atoms with Crippen molar-refractivity contribution in [3.63, 3.8) is 0 Å². The number of aryl methyl sites for hydroxylation is 1. The second-order valence-electron chi connectivity index (χ2n) is 4.09. The molecule has 0 aliphatic rings. The lowest BCUT2D eigenvalue weighted by molar-refractivity contribution is 0.638. The minimum absolute atomic E-state index is 0.0721. The summed E-state index contributed by atoms with van der Waals surface area (Å²) in [6, 6.07) is 5.15. The van der Waals surface area contributed by atoms with Crippen LogP contribution in [-0.2, 0) is 0 Å². The monoisotopic (exact) mass is 261 g/mol. The molecule has 90 valence electrons. The van der Waals surface area contributed by atoms with Crippen LogP contribution in [0.3, 0.4) is 0 Å². The molecule has 1 N–H and O–H groups in total. The number of H-pyrrole nitrogens is 1. The molecule has 2 heterocycles. The molecule has 0 atom stereocenters. The maximum Gasteiger partial charge on any atom is 0.169 e. The van der Waals surface area contributed by atoms with Crippen LogP contribution >= 0.6 is 11.6 Å². The van der Waals surface area contributed by atoms with Crippen LogP contribution in [-0.4, -0.2) is 15.0 Å². The molecule has 0 fully saturated rings. The van der Waals surface area contributed by atoms with Gasteiger partial charge in [0.15, 0.2) is 5.82 Å². The predicted molar refractivity (Wildman–Crippen MR) is 69.0 cm³/mol. The molecule has 5 heteroatoms. The van der Waals surface area contributed by atoms with E-state index in [0.29, 0.717) is 11.3 Å². The van der Waals surface area contributed by atoms with Crippen molar-refractivity contribution in [3.05, 3.63) is 47.0 Å². The average molecular weight is 262 g/mol. The first-order valence-electron chi connectivity index (χ1n) is 5.41. The van der Waals surface area contributed by atoms with Gasteiger partial charge in [0.25, 0.3) is 0 Å². The Morgan fingerprint density at radius 1 is 1.28 bits per heavy atom. The fourth-order valence-electron chi connectivity index (χ4n) is 1.84. The number of aromatic nitrogens is 3. The van der Waals surface area contributed by atoms with Gasteiger partial charge in [-0.3, -0.25) is 4.98 Å². The molecule has 0 radical (unpaired) electrons. The standard InChI is InChI=1S/C13H9ClFN3/c1-7-4-8(6-16-5-7)13-17-10-3-2-9(14)11(15)12(10)18-13/h2-6H,1H3,(H,17,18). The average Bonchev–Trinajstić information content (AvgIpc) is 2.79. The Balaban J connectivity index is 2.23. The number of rotatable bonds is 1. The van der Waals surface area contributed by atoms with E-state index in [2.05, 4.69) is 15.0 Å². The van der Waals surface area contributed by atoms with Crippen molar-refractivity contribution >= 4 is 22.6 Å². The van der Waals surface area contributed by atoms with Gasteiger partial charge in [0.1, 0.15) is 11.3 Å². The van der Waals surface area contributed by atoms with Gasteiger partial charge in [-0.25, -0.2) is 9.37 Å². The van der Waals surface area contributed by atoms with E-state index in [1.165, 1.54) is 6.07 Å². The van der Waals surface area contributed by atoms with Gasteiger partial charge in [0.2, 0.25) is 0 Å². The van der Waals surface area contributed by atoms with E-state index in [9.17, 15) is 4.39 Å². The maximum atomic E-state index is 13.8. The minimum Gasteiger partial charge on any atom is -0.338 e. The predicted octanol–water partition coefficient (Wildman–Crippen LogP) is 3.73. The van der Waals surface area contributed by atoms with Crippen LogP contribution in [0.2, 0.25) is 5.02 Å². The van der Waals surface area contributed by atoms with Crippen LogP contribution in [0.4, 0.5) is 4.39 Å². The van der Waals surface area contributed by atoms with Gasteiger partial charge in [-0.15, -0.1) is 0 Å². The van der Waals surface area contributed by atoms with E-state index in [-0.39, 0.29) is 10.5 Å². The van der Waals surface area contributed by atoms with Gasteiger partial charge >= 0.3 is 0 Å². The number of aromatic amines is 1. The molecule has 2 aromatic heterocycles. The van der Waals surface area contributed by atoms with Crippen LogP contribution in [0.15, 0.2) is 30.6 Å². The van der Waals surface area contributed by atoms with E-state index in [1.807, 2.05) is 13.0 Å². The number of nitrogens with one attached hydrogen (secondary N) is 1. The third-order valence-electron chi connectivity index (χ3n) is 2.69. The fraction of sp³-hybridized carbons (Fsp3) is 0.0769. The third kappa shape index (κ3) is 1.75. The third-order valence-corrected chi connectivity index (χ3v) is 2.99. The number of halogens is 2. The molecule has 0 amide bonds. The van der Waals surface area contributed by atoms with Crippen molar-refractivity contribution in [2.75, 3.05) is 0 Å². The summed E-state index contributed by atoms with van der Waals surface area (Å²) in [6.07, 6.45) is 3.44. The molecule has 0 aliphatic carbocycles. The van der Waals surface area contributed by atoms with E-state index in [4.69, 9.17) is 11.6 Å². The van der Waals surface area contributed by atoms with E-state index < -0.39 is 5.82 Å². The molecule has 3 rings (SSSR count). The Hall–Kier alpha value is -1.94. The lowest BCUT2D eigenvalue weighted by Gasteiger charge is -1.96. The molecule has 0 saturated carbocycles. The normalized spacial score (nSPS) is 11.1. The van der Waals surface area contributed by atoms with Crippen molar-refractivity contribution in [1.29, 1.82) is 0 Å². The maximum absolute atomic E-state index is 13.8. The highest BCUT2D eigenvalue weighted by atomic mass is 35.5. The molecule has 1 aromatic carbocycles. The van der Waals surface area contributed by atoms with Gasteiger partial charge in [-0.2, -0.15) is 0 Å². The van der Waals surface area contributed by atoms with Crippen molar-refractivity contribution < 1.29 is 4.39 Å². The summed E-state index contributed by atoms with van der Waals surface area (Å²) in [5.74, 6) is 0.0830. The SMILES string of the molecule is Cc1cncc(-c2nc3c(F)c(Cl)ccc3[nH]2)c1. The van der Waals surface area contributed by atoms with Crippen molar-refractivity contribution in [2.45, 2.75) is 6.92 Å². The summed E-state index contributed by atoms with van der Waals surface area (Å²) < 4.78 is 13.8. The van der Waals surface area contributed by atoms with Crippen LogP contribution in [0.5, 0.6) is 0 Å². The first kappa shape index (κ1) is 11.2. The molecular formula is C13H9ClFN3. The molecular weight excluding hydrogens is 253 g/mol. The van der Waals surface area contributed by atoms with Gasteiger partial charge in [0.05, 0.1) is 10.5 Å². The van der Waals surface area contributed by atoms with Gasteiger partial charge in [-0.05, 0) is 30.7 Å². The lowest BCUT2D eigenvalue weighted by atomic mass is 10.2. The number of fused-ring (bicyclic) bond motifs is 1. The highest BCUT2D eigenvalue weighted by molar-refractivity contribution is 6.31. The van der Waals surface area contributed by atoms with Gasteiger partial charge < -0.3 is 4.98 Å². The highest BCUT2D eigenvalue weighted by Gasteiger charge is 2.11. The molecule has 3 nitrogen and oxygen atoms in total. The highest BCUT2D eigenvalue weighted by Crippen LogP contribution is 2.26. The molecule has 0 spiro atoms. The number of benzene rings is 1.